The summed E-state index contributed by atoms with van der Waals surface area (Å²) in [6.45, 7) is 2.61. The Labute approximate surface area is 104 Å². The summed E-state index contributed by atoms with van der Waals surface area (Å²) in [5, 5.41) is 0.0619. The van der Waals surface area contributed by atoms with Crippen molar-refractivity contribution in [3.8, 4) is 0 Å². The Kier molecular flexibility index (Phi) is 4.69. The van der Waals surface area contributed by atoms with Crippen molar-refractivity contribution in [3.05, 3.63) is 29.8 Å². The lowest BCUT2D eigenvalue weighted by Gasteiger charge is -2.20. The SMILES string of the molecule is CC(Cl)CCN(C)c1ccc(C(F)(F)F)cc1. The summed E-state index contributed by atoms with van der Waals surface area (Å²) in [6.07, 6.45) is -3.49. The van der Waals surface area contributed by atoms with Gasteiger partial charge >= 0.3 is 6.18 Å². The predicted octanol–water partition coefficient (Wildman–Crippen LogP) is 4.16. The highest BCUT2D eigenvalue weighted by Crippen LogP contribution is 2.30. The fourth-order valence-electron chi connectivity index (χ4n) is 1.41. The van der Waals surface area contributed by atoms with Crippen molar-refractivity contribution in [3.63, 3.8) is 0 Å². The first-order chi connectivity index (χ1) is 7.80. The maximum atomic E-state index is 12.3. The van der Waals surface area contributed by atoms with Gasteiger partial charge in [-0.3, -0.25) is 0 Å². The molecule has 0 N–H and O–H groups in total. The van der Waals surface area contributed by atoms with Crippen LogP contribution in [-0.2, 0) is 6.18 Å². The Morgan fingerprint density at radius 3 is 2.18 bits per heavy atom. The number of benzene rings is 1. The second-order valence-electron chi connectivity index (χ2n) is 4.04. The largest absolute Gasteiger partial charge is 0.416 e. The first kappa shape index (κ1) is 14.2. The van der Waals surface area contributed by atoms with E-state index < -0.39 is 11.7 Å². The van der Waals surface area contributed by atoms with Crippen LogP contribution in [0.1, 0.15) is 18.9 Å². The van der Waals surface area contributed by atoms with Crippen molar-refractivity contribution in [2.45, 2.75) is 24.9 Å². The van der Waals surface area contributed by atoms with Gasteiger partial charge in [-0.15, -0.1) is 11.6 Å². The average Bonchev–Trinajstić information content (AvgIpc) is 2.25. The summed E-state index contributed by atoms with van der Waals surface area (Å²) < 4.78 is 37.0. The van der Waals surface area contributed by atoms with E-state index in [1.54, 1.807) is 0 Å². The number of anilines is 1. The zero-order chi connectivity index (χ0) is 13.1. The quantitative estimate of drug-likeness (QED) is 0.739. The van der Waals surface area contributed by atoms with Crippen LogP contribution in [0.25, 0.3) is 0 Å². The smallest absolute Gasteiger partial charge is 0.375 e. The molecule has 1 nitrogen and oxygen atoms in total. The molecule has 96 valence electrons. The lowest BCUT2D eigenvalue weighted by atomic mass is 10.2. The lowest BCUT2D eigenvalue weighted by Crippen LogP contribution is -2.20. The molecule has 0 fully saturated rings. The van der Waals surface area contributed by atoms with E-state index in [-0.39, 0.29) is 5.38 Å². The van der Waals surface area contributed by atoms with E-state index >= 15 is 0 Å². The highest BCUT2D eigenvalue weighted by molar-refractivity contribution is 6.20. The van der Waals surface area contributed by atoms with E-state index in [1.807, 2.05) is 18.9 Å². The maximum absolute atomic E-state index is 12.3. The number of hydrogen-bond donors (Lipinski definition) is 0. The van der Waals surface area contributed by atoms with Crippen LogP contribution in [0.2, 0.25) is 0 Å². The molecule has 1 aromatic carbocycles. The van der Waals surface area contributed by atoms with Crippen molar-refractivity contribution >= 4 is 17.3 Å². The zero-order valence-electron chi connectivity index (χ0n) is 9.76. The summed E-state index contributed by atoms with van der Waals surface area (Å²) in [4.78, 5) is 1.89. The molecule has 0 aliphatic heterocycles. The number of halogens is 4. The normalized spacial score (nSPS) is 13.5. The Bertz CT molecular complexity index is 346. The van der Waals surface area contributed by atoms with Gasteiger partial charge in [0.25, 0.3) is 0 Å². The van der Waals surface area contributed by atoms with Crippen molar-refractivity contribution in [1.82, 2.24) is 0 Å². The zero-order valence-corrected chi connectivity index (χ0v) is 10.5. The molecule has 1 rings (SSSR count). The Balaban J connectivity index is 2.67. The number of rotatable bonds is 4. The molecule has 0 aliphatic rings. The molecule has 0 bridgehead atoms. The van der Waals surface area contributed by atoms with Gasteiger partial charge in [0, 0.05) is 24.7 Å². The number of nitrogens with zero attached hydrogens (tertiary/aromatic N) is 1. The van der Waals surface area contributed by atoms with Crippen molar-refractivity contribution in [2.24, 2.45) is 0 Å². The number of alkyl halides is 4. The summed E-state index contributed by atoms with van der Waals surface area (Å²) >= 11 is 5.82. The molecule has 0 saturated carbocycles. The Hall–Kier alpha value is -0.900. The summed E-state index contributed by atoms with van der Waals surface area (Å²) in [7, 11) is 1.84. The lowest BCUT2D eigenvalue weighted by molar-refractivity contribution is -0.137. The molecule has 0 saturated heterocycles. The van der Waals surface area contributed by atoms with Crippen LogP contribution in [0.3, 0.4) is 0 Å². The number of hydrogen-bond acceptors (Lipinski definition) is 1. The van der Waals surface area contributed by atoms with Crippen LogP contribution in [-0.4, -0.2) is 19.0 Å². The van der Waals surface area contributed by atoms with E-state index in [4.69, 9.17) is 11.6 Å². The van der Waals surface area contributed by atoms with Gasteiger partial charge in [0.1, 0.15) is 0 Å². The minimum Gasteiger partial charge on any atom is -0.375 e. The third-order valence-electron chi connectivity index (χ3n) is 2.50. The molecule has 0 spiro atoms. The standard InChI is InChI=1S/C12H15ClF3N/c1-9(13)7-8-17(2)11-5-3-10(4-6-11)12(14,15)16/h3-6,9H,7-8H2,1-2H3. The topological polar surface area (TPSA) is 3.24 Å². The molecule has 1 aromatic rings. The van der Waals surface area contributed by atoms with E-state index in [1.165, 1.54) is 12.1 Å². The van der Waals surface area contributed by atoms with Crippen LogP contribution in [0, 0.1) is 0 Å². The molecular weight excluding hydrogens is 251 g/mol. The summed E-state index contributed by atoms with van der Waals surface area (Å²) in [6, 6.07) is 5.13. The van der Waals surface area contributed by atoms with E-state index in [9.17, 15) is 13.2 Å². The van der Waals surface area contributed by atoms with Gasteiger partial charge in [-0.2, -0.15) is 13.2 Å². The first-order valence-electron chi connectivity index (χ1n) is 5.33. The summed E-state index contributed by atoms with van der Waals surface area (Å²) in [5.74, 6) is 0. The molecular formula is C12H15ClF3N. The fourth-order valence-corrected chi connectivity index (χ4v) is 1.50. The molecule has 0 aliphatic carbocycles. The van der Waals surface area contributed by atoms with Gasteiger partial charge in [-0.1, -0.05) is 0 Å². The van der Waals surface area contributed by atoms with Crippen molar-refractivity contribution in [1.29, 1.82) is 0 Å². The van der Waals surface area contributed by atoms with E-state index in [0.29, 0.717) is 0 Å². The van der Waals surface area contributed by atoms with Gasteiger partial charge in [-0.05, 0) is 37.6 Å². The van der Waals surface area contributed by atoms with Crippen LogP contribution >= 0.6 is 11.6 Å². The van der Waals surface area contributed by atoms with E-state index in [0.717, 1.165) is 30.8 Å². The monoisotopic (exact) mass is 265 g/mol. The van der Waals surface area contributed by atoms with Gasteiger partial charge in [0.2, 0.25) is 0 Å². The fraction of sp³-hybridized carbons (Fsp3) is 0.500. The molecule has 0 radical (unpaired) electrons. The molecule has 1 atom stereocenters. The Morgan fingerprint density at radius 1 is 1.24 bits per heavy atom. The minimum absolute atomic E-state index is 0.0619. The first-order valence-corrected chi connectivity index (χ1v) is 5.77. The maximum Gasteiger partial charge on any atom is 0.416 e. The Morgan fingerprint density at radius 2 is 1.76 bits per heavy atom. The van der Waals surface area contributed by atoms with Crippen molar-refractivity contribution < 1.29 is 13.2 Å². The molecule has 5 heteroatoms. The van der Waals surface area contributed by atoms with Gasteiger partial charge in [0.05, 0.1) is 5.56 Å². The van der Waals surface area contributed by atoms with Crippen LogP contribution in [0.5, 0.6) is 0 Å². The van der Waals surface area contributed by atoms with Crippen LogP contribution < -0.4 is 4.90 Å². The molecule has 17 heavy (non-hydrogen) atoms. The molecule has 0 heterocycles. The van der Waals surface area contributed by atoms with Crippen LogP contribution in [0.4, 0.5) is 18.9 Å². The molecule has 0 aromatic heterocycles. The highest BCUT2D eigenvalue weighted by Gasteiger charge is 2.30. The molecule has 0 amide bonds. The third kappa shape index (κ3) is 4.46. The minimum atomic E-state index is -4.28. The van der Waals surface area contributed by atoms with Gasteiger partial charge < -0.3 is 4.90 Å². The summed E-state index contributed by atoms with van der Waals surface area (Å²) in [5.41, 5.74) is 0.135. The van der Waals surface area contributed by atoms with E-state index in [2.05, 4.69) is 0 Å². The second kappa shape index (κ2) is 5.63. The second-order valence-corrected chi connectivity index (χ2v) is 4.78. The highest BCUT2D eigenvalue weighted by atomic mass is 35.5. The van der Waals surface area contributed by atoms with Gasteiger partial charge in [0.15, 0.2) is 0 Å². The predicted molar refractivity (Wildman–Crippen MR) is 64.6 cm³/mol. The third-order valence-corrected chi connectivity index (χ3v) is 2.72. The van der Waals surface area contributed by atoms with Crippen LogP contribution in [0.15, 0.2) is 24.3 Å². The average molecular weight is 266 g/mol. The van der Waals surface area contributed by atoms with Crippen molar-refractivity contribution in [2.75, 3.05) is 18.5 Å². The van der Waals surface area contributed by atoms with Gasteiger partial charge in [-0.25, -0.2) is 0 Å². The molecule has 1 unspecified atom stereocenters.